The molecular weight excluding hydrogens is 318 g/mol. The second kappa shape index (κ2) is 7.51. The molecule has 0 spiro atoms. The minimum Gasteiger partial charge on any atom is -0.481 e. The van der Waals surface area contributed by atoms with Crippen LogP contribution in [0.5, 0.6) is 0 Å². The van der Waals surface area contributed by atoms with Crippen molar-refractivity contribution < 1.29 is 14.7 Å². The monoisotopic (exact) mass is 341 g/mol. The molecule has 1 aromatic heterocycles. The van der Waals surface area contributed by atoms with Gasteiger partial charge in [-0.3, -0.25) is 9.59 Å². The third-order valence-corrected chi connectivity index (χ3v) is 4.66. The van der Waals surface area contributed by atoms with Gasteiger partial charge in [0.1, 0.15) is 0 Å². The number of hydrogen-bond donors (Lipinski definition) is 1. The molecule has 1 atom stereocenters. The van der Waals surface area contributed by atoms with Crippen molar-refractivity contribution in [2.24, 2.45) is 5.92 Å². The van der Waals surface area contributed by atoms with Crippen molar-refractivity contribution in [3.63, 3.8) is 0 Å². The number of nitrogens with zero attached hydrogens (tertiary/aromatic N) is 3. The Labute approximate surface area is 147 Å². The van der Waals surface area contributed by atoms with Crippen LogP contribution in [-0.4, -0.2) is 44.8 Å². The summed E-state index contributed by atoms with van der Waals surface area (Å²) in [6.07, 6.45) is 6.47. The van der Waals surface area contributed by atoms with E-state index in [1.807, 2.05) is 42.3 Å². The summed E-state index contributed by atoms with van der Waals surface area (Å²) in [5.41, 5.74) is 2.66. The molecule has 1 fully saturated rings. The van der Waals surface area contributed by atoms with Gasteiger partial charge in [0.05, 0.1) is 11.9 Å². The van der Waals surface area contributed by atoms with Crippen molar-refractivity contribution in [2.45, 2.75) is 32.6 Å². The zero-order valence-corrected chi connectivity index (χ0v) is 14.4. The number of likely N-dealkylation sites (tertiary alicyclic amines) is 1. The Balaban J connectivity index is 1.65. The average Bonchev–Trinajstić information content (AvgIpc) is 3.06. The van der Waals surface area contributed by atoms with Crippen LogP contribution in [0.2, 0.25) is 0 Å². The minimum atomic E-state index is -0.770. The Kier molecular flexibility index (Phi) is 5.16. The van der Waals surface area contributed by atoms with Crippen molar-refractivity contribution in [3.05, 3.63) is 47.8 Å². The summed E-state index contributed by atoms with van der Waals surface area (Å²) >= 11 is 0. The highest BCUT2D eigenvalue weighted by Crippen LogP contribution is 2.23. The van der Waals surface area contributed by atoms with Gasteiger partial charge in [0.2, 0.25) is 0 Å². The predicted octanol–water partition coefficient (Wildman–Crippen LogP) is 2.90. The molecular formula is C19H23N3O3. The first-order valence-corrected chi connectivity index (χ1v) is 8.65. The van der Waals surface area contributed by atoms with Crippen LogP contribution in [0.25, 0.3) is 5.69 Å². The van der Waals surface area contributed by atoms with E-state index in [1.165, 1.54) is 0 Å². The number of amides is 1. The third-order valence-electron chi connectivity index (χ3n) is 4.66. The maximum absolute atomic E-state index is 12.7. The first-order valence-electron chi connectivity index (χ1n) is 8.65. The zero-order valence-electron chi connectivity index (χ0n) is 14.4. The molecule has 25 heavy (non-hydrogen) atoms. The lowest BCUT2D eigenvalue weighted by molar-refractivity contribution is -0.137. The molecule has 3 rings (SSSR count). The van der Waals surface area contributed by atoms with E-state index in [4.69, 9.17) is 5.11 Å². The number of rotatable bonds is 5. The van der Waals surface area contributed by atoms with Crippen molar-refractivity contribution in [3.8, 4) is 5.69 Å². The normalized spacial score (nSPS) is 17.5. The quantitative estimate of drug-likeness (QED) is 0.907. The van der Waals surface area contributed by atoms with E-state index in [2.05, 4.69) is 5.10 Å². The van der Waals surface area contributed by atoms with E-state index in [0.717, 1.165) is 30.6 Å². The Morgan fingerprint density at radius 3 is 2.68 bits per heavy atom. The van der Waals surface area contributed by atoms with Gasteiger partial charge in [-0.05, 0) is 61.9 Å². The van der Waals surface area contributed by atoms with Gasteiger partial charge in [-0.15, -0.1) is 0 Å². The number of carboxylic acids is 1. The molecule has 2 aromatic rings. The molecule has 2 heterocycles. The Bertz CT molecular complexity index is 752. The summed E-state index contributed by atoms with van der Waals surface area (Å²) < 4.78 is 1.78. The van der Waals surface area contributed by atoms with Crippen molar-refractivity contribution in [2.75, 3.05) is 13.1 Å². The fraction of sp³-hybridized carbons (Fsp3) is 0.421. The summed E-state index contributed by atoms with van der Waals surface area (Å²) in [5, 5.41) is 13.1. The molecule has 0 aliphatic carbocycles. The summed E-state index contributed by atoms with van der Waals surface area (Å²) in [6, 6.07) is 7.45. The fourth-order valence-electron chi connectivity index (χ4n) is 3.31. The SMILES string of the molecule is Cc1cnn(-c2ccc(C(=O)N3CCCC(CCC(=O)O)C3)cc2)c1. The lowest BCUT2D eigenvalue weighted by Crippen LogP contribution is -2.40. The number of benzene rings is 1. The van der Waals surface area contributed by atoms with Gasteiger partial charge in [0.25, 0.3) is 5.91 Å². The highest BCUT2D eigenvalue weighted by molar-refractivity contribution is 5.94. The molecule has 1 unspecified atom stereocenters. The van der Waals surface area contributed by atoms with E-state index >= 15 is 0 Å². The van der Waals surface area contributed by atoms with Gasteiger partial charge >= 0.3 is 5.97 Å². The van der Waals surface area contributed by atoms with Gasteiger partial charge in [0.15, 0.2) is 0 Å². The Morgan fingerprint density at radius 2 is 2.04 bits per heavy atom. The van der Waals surface area contributed by atoms with Crippen LogP contribution in [0.1, 0.15) is 41.6 Å². The molecule has 1 aliphatic rings. The van der Waals surface area contributed by atoms with Gasteiger partial charge < -0.3 is 10.0 Å². The third kappa shape index (κ3) is 4.26. The number of aliphatic carboxylic acids is 1. The topological polar surface area (TPSA) is 75.4 Å². The van der Waals surface area contributed by atoms with E-state index < -0.39 is 5.97 Å². The second-order valence-corrected chi connectivity index (χ2v) is 6.70. The van der Waals surface area contributed by atoms with Gasteiger partial charge in [-0.1, -0.05) is 0 Å². The molecule has 0 radical (unpaired) electrons. The fourth-order valence-corrected chi connectivity index (χ4v) is 3.31. The lowest BCUT2D eigenvalue weighted by Gasteiger charge is -2.32. The number of aromatic nitrogens is 2. The van der Waals surface area contributed by atoms with Crippen molar-refractivity contribution >= 4 is 11.9 Å². The number of carbonyl (C=O) groups is 2. The maximum Gasteiger partial charge on any atom is 0.303 e. The molecule has 1 aromatic carbocycles. The van der Waals surface area contributed by atoms with Crippen LogP contribution in [0.15, 0.2) is 36.7 Å². The first kappa shape index (κ1) is 17.2. The Morgan fingerprint density at radius 1 is 1.28 bits per heavy atom. The number of hydrogen-bond acceptors (Lipinski definition) is 3. The van der Waals surface area contributed by atoms with Crippen LogP contribution in [-0.2, 0) is 4.79 Å². The van der Waals surface area contributed by atoms with Crippen molar-refractivity contribution in [1.82, 2.24) is 14.7 Å². The number of aryl methyl sites for hydroxylation is 1. The van der Waals surface area contributed by atoms with Crippen LogP contribution in [0, 0.1) is 12.8 Å². The average molecular weight is 341 g/mol. The second-order valence-electron chi connectivity index (χ2n) is 6.70. The summed E-state index contributed by atoms with van der Waals surface area (Å²) in [7, 11) is 0. The van der Waals surface area contributed by atoms with Crippen LogP contribution < -0.4 is 0 Å². The van der Waals surface area contributed by atoms with Gasteiger partial charge in [0, 0.05) is 31.3 Å². The highest BCUT2D eigenvalue weighted by atomic mass is 16.4. The van der Waals surface area contributed by atoms with Gasteiger partial charge in [-0.2, -0.15) is 5.10 Å². The number of carboxylic acid groups (broad SMARTS) is 1. The standard InChI is InChI=1S/C19H23N3O3/c1-14-11-20-22(12-14)17-7-5-16(6-8-17)19(25)21-10-2-3-15(13-21)4-9-18(23)24/h5-8,11-12,15H,2-4,9-10,13H2,1H3,(H,23,24). The number of carbonyl (C=O) groups excluding carboxylic acids is 1. The zero-order chi connectivity index (χ0) is 17.8. The molecule has 1 aliphatic heterocycles. The van der Waals surface area contributed by atoms with E-state index in [-0.39, 0.29) is 18.2 Å². The molecule has 6 heteroatoms. The lowest BCUT2D eigenvalue weighted by atomic mass is 9.93. The first-order chi connectivity index (χ1) is 12.0. The van der Waals surface area contributed by atoms with E-state index in [1.54, 1.807) is 10.9 Å². The molecule has 1 saturated heterocycles. The smallest absolute Gasteiger partial charge is 0.303 e. The molecule has 6 nitrogen and oxygen atoms in total. The predicted molar refractivity (Wildman–Crippen MR) is 93.8 cm³/mol. The van der Waals surface area contributed by atoms with Crippen molar-refractivity contribution in [1.29, 1.82) is 0 Å². The molecule has 132 valence electrons. The van der Waals surface area contributed by atoms with E-state index in [9.17, 15) is 9.59 Å². The van der Waals surface area contributed by atoms with E-state index in [0.29, 0.717) is 18.5 Å². The molecule has 1 amide bonds. The Hall–Kier alpha value is -2.63. The summed E-state index contributed by atoms with van der Waals surface area (Å²) in [4.78, 5) is 25.3. The minimum absolute atomic E-state index is 0.0169. The van der Waals surface area contributed by atoms with Crippen LogP contribution in [0.3, 0.4) is 0 Å². The molecule has 1 N–H and O–H groups in total. The molecule has 0 saturated carbocycles. The van der Waals surface area contributed by atoms with Gasteiger partial charge in [-0.25, -0.2) is 4.68 Å². The largest absolute Gasteiger partial charge is 0.481 e. The maximum atomic E-state index is 12.7. The van der Waals surface area contributed by atoms with Crippen LogP contribution in [0.4, 0.5) is 0 Å². The summed E-state index contributed by atoms with van der Waals surface area (Å²) in [6.45, 7) is 3.37. The summed E-state index contributed by atoms with van der Waals surface area (Å²) in [5.74, 6) is -0.476. The number of piperidine rings is 1. The highest BCUT2D eigenvalue weighted by Gasteiger charge is 2.24. The van der Waals surface area contributed by atoms with Crippen LogP contribution >= 0.6 is 0 Å². The molecule has 0 bridgehead atoms.